The van der Waals surface area contributed by atoms with Crippen molar-refractivity contribution in [3.8, 4) is 0 Å². The summed E-state index contributed by atoms with van der Waals surface area (Å²) in [4.78, 5) is 14.2. The predicted octanol–water partition coefficient (Wildman–Crippen LogP) is 1.01. The summed E-state index contributed by atoms with van der Waals surface area (Å²) in [6, 6.07) is 0. The van der Waals surface area contributed by atoms with Crippen LogP contribution in [0.25, 0.3) is 0 Å². The van der Waals surface area contributed by atoms with Crippen LogP contribution in [0.3, 0.4) is 0 Å². The van der Waals surface area contributed by atoms with Crippen molar-refractivity contribution in [2.24, 2.45) is 5.92 Å². The first kappa shape index (κ1) is 12.8. The zero-order valence-electron chi connectivity index (χ0n) is 10.8. The van der Waals surface area contributed by atoms with E-state index in [9.17, 15) is 4.79 Å². The normalized spacial score (nSPS) is 23.9. The van der Waals surface area contributed by atoms with Gasteiger partial charge in [-0.2, -0.15) is 0 Å². The molecule has 4 nitrogen and oxygen atoms in total. The van der Waals surface area contributed by atoms with Crippen molar-refractivity contribution < 1.29 is 9.53 Å². The smallest absolute Gasteiger partial charge is 0.222 e. The summed E-state index contributed by atoms with van der Waals surface area (Å²) in [6.45, 7) is 3.90. The third-order valence-electron chi connectivity index (χ3n) is 4.05. The van der Waals surface area contributed by atoms with Gasteiger partial charge in [0.15, 0.2) is 0 Å². The highest BCUT2D eigenvalue weighted by molar-refractivity contribution is 5.76. The summed E-state index contributed by atoms with van der Waals surface area (Å²) >= 11 is 0. The lowest BCUT2D eigenvalue weighted by atomic mass is 9.93. The van der Waals surface area contributed by atoms with Crippen molar-refractivity contribution in [2.75, 3.05) is 33.3 Å². The van der Waals surface area contributed by atoms with E-state index in [0.29, 0.717) is 17.9 Å². The number of carbonyl (C=O) groups excluding carboxylic acids is 1. The Morgan fingerprint density at radius 2 is 1.88 bits per heavy atom. The third kappa shape index (κ3) is 3.68. The fourth-order valence-electron chi connectivity index (χ4n) is 2.80. The average molecular weight is 240 g/mol. The molecule has 1 N–H and O–H groups in total. The molecule has 0 bridgehead atoms. The van der Waals surface area contributed by atoms with Crippen LogP contribution in [0.2, 0.25) is 0 Å². The summed E-state index contributed by atoms with van der Waals surface area (Å²) in [5.41, 5.74) is 0. The molecule has 0 saturated carbocycles. The number of hydrogen-bond donors (Lipinski definition) is 1. The molecule has 1 amide bonds. The molecule has 0 aromatic heterocycles. The highest BCUT2D eigenvalue weighted by Gasteiger charge is 2.25. The number of likely N-dealkylation sites (tertiary alicyclic amines) is 1. The molecule has 0 radical (unpaired) electrons. The molecule has 0 spiro atoms. The van der Waals surface area contributed by atoms with Crippen molar-refractivity contribution in [2.45, 2.75) is 38.2 Å². The molecule has 98 valence electrons. The molecule has 17 heavy (non-hydrogen) atoms. The van der Waals surface area contributed by atoms with Gasteiger partial charge in [-0.25, -0.2) is 0 Å². The van der Waals surface area contributed by atoms with Gasteiger partial charge < -0.3 is 15.0 Å². The van der Waals surface area contributed by atoms with E-state index < -0.39 is 0 Å². The van der Waals surface area contributed by atoms with Gasteiger partial charge in [-0.15, -0.1) is 0 Å². The Hall–Kier alpha value is -0.610. The van der Waals surface area contributed by atoms with Gasteiger partial charge in [-0.3, -0.25) is 4.79 Å². The zero-order valence-corrected chi connectivity index (χ0v) is 10.8. The highest BCUT2D eigenvalue weighted by Crippen LogP contribution is 2.19. The molecule has 2 saturated heterocycles. The number of nitrogens with zero attached hydrogens (tertiary/aromatic N) is 1. The van der Waals surface area contributed by atoms with Gasteiger partial charge in [0.2, 0.25) is 5.91 Å². The minimum Gasteiger partial charge on any atom is -0.381 e. The Balaban J connectivity index is 1.72. The van der Waals surface area contributed by atoms with E-state index >= 15 is 0 Å². The Labute approximate surface area is 104 Å². The number of piperidine rings is 2. The number of amides is 1. The van der Waals surface area contributed by atoms with Crippen molar-refractivity contribution in [3.63, 3.8) is 0 Å². The van der Waals surface area contributed by atoms with Crippen molar-refractivity contribution in [1.29, 1.82) is 0 Å². The quantitative estimate of drug-likeness (QED) is 0.800. The molecule has 2 fully saturated rings. The van der Waals surface area contributed by atoms with Gasteiger partial charge >= 0.3 is 0 Å². The molecule has 2 rings (SSSR count). The first-order valence-electron chi connectivity index (χ1n) is 6.81. The maximum Gasteiger partial charge on any atom is 0.222 e. The number of methoxy groups -OCH3 is 1. The number of rotatable bonds is 3. The van der Waals surface area contributed by atoms with E-state index in [0.717, 1.165) is 58.3 Å². The Kier molecular flexibility index (Phi) is 4.80. The van der Waals surface area contributed by atoms with Gasteiger partial charge in [-0.05, 0) is 44.7 Å². The predicted molar refractivity (Wildman–Crippen MR) is 66.8 cm³/mol. The molecule has 0 aromatic carbocycles. The van der Waals surface area contributed by atoms with Gasteiger partial charge in [0, 0.05) is 26.6 Å². The first-order valence-corrected chi connectivity index (χ1v) is 6.81. The van der Waals surface area contributed by atoms with Crippen LogP contribution in [0, 0.1) is 5.92 Å². The van der Waals surface area contributed by atoms with Crippen LogP contribution in [0.4, 0.5) is 0 Å². The topological polar surface area (TPSA) is 41.6 Å². The van der Waals surface area contributed by atoms with E-state index in [-0.39, 0.29) is 0 Å². The number of ether oxygens (including phenoxy) is 1. The Morgan fingerprint density at radius 3 is 2.47 bits per heavy atom. The molecular formula is C13H24N2O2. The van der Waals surface area contributed by atoms with Crippen LogP contribution < -0.4 is 5.32 Å². The van der Waals surface area contributed by atoms with Crippen LogP contribution in [0.15, 0.2) is 0 Å². The molecule has 0 unspecified atom stereocenters. The summed E-state index contributed by atoms with van der Waals surface area (Å²) < 4.78 is 5.32. The summed E-state index contributed by atoms with van der Waals surface area (Å²) in [7, 11) is 1.76. The zero-order chi connectivity index (χ0) is 12.1. The van der Waals surface area contributed by atoms with E-state index in [1.807, 2.05) is 4.90 Å². The van der Waals surface area contributed by atoms with Gasteiger partial charge in [0.05, 0.1) is 6.10 Å². The van der Waals surface area contributed by atoms with Crippen LogP contribution >= 0.6 is 0 Å². The van der Waals surface area contributed by atoms with Gasteiger partial charge in [-0.1, -0.05) is 0 Å². The molecule has 0 atom stereocenters. The maximum absolute atomic E-state index is 12.1. The number of carbonyl (C=O) groups is 1. The van der Waals surface area contributed by atoms with Crippen molar-refractivity contribution in [3.05, 3.63) is 0 Å². The van der Waals surface area contributed by atoms with Crippen molar-refractivity contribution >= 4 is 5.91 Å². The van der Waals surface area contributed by atoms with Crippen LogP contribution in [0.5, 0.6) is 0 Å². The number of nitrogens with one attached hydrogen (secondary N) is 1. The monoisotopic (exact) mass is 240 g/mol. The number of hydrogen-bond acceptors (Lipinski definition) is 3. The second kappa shape index (κ2) is 6.36. The van der Waals surface area contributed by atoms with E-state index in [2.05, 4.69) is 5.32 Å². The molecule has 0 aromatic rings. The van der Waals surface area contributed by atoms with E-state index in [1.54, 1.807) is 7.11 Å². The minimum absolute atomic E-state index is 0.353. The van der Waals surface area contributed by atoms with Crippen LogP contribution in [-0.4, -0.2) is 50.2 Å². The summed E-state index contributed by atoms with van der Waals surface area (Å²) in [5.74, 6) is 0.954. The fraction of sp³-hybridized carbons (Fsp3) is 0.923. The lowest BCUT2D eigenvalue weighted by molar-refractivity contribution is -0.134. The molecule has 0 aliphatic carbocycles. The Bertz CT molecular complexity index is 244. The maximum atomic E-state index is 12.1. The molecule has 2 aliphatic heterocycles. The highest BCUT2D eigenvalue weighted by atomic mass is 16.5. The lowest BCUT2D eigenvalue weighted by Crippen LogP contribution is -2.42. The van der Waals surface area contributed by atoms with Crippen LogP contribution in [-0.2, 0) is 9.53 Å². The van der Waals surface area contributed by atoms with Crippen LogP contribution in [0.1, 0.15) is 32.1 Å². The SMILES string of the molecule is COC1CCN(C(=O)CC2CCNCC2)CC1. The third-order valence-corrected chi connectivity index (χ3v) is 4.05. The second-order valence-corrected chi connectivity index (χ2v) is 5.21. The van der Waals surface area contributed by atoms with Gasteiger partial charge in [0.25, 0.3) is 0 Å². The molecule has 2 heterocycles. The Morgan fingerprint density at radius 1 is 1.24 bits per heavy atom. The molecule has 4 heteroatoms. The van der Waals surface area contributed by atoms with E-state index in [4.69, 9.17) is 4.74 Å². The first-order chi connectivity index (χ1) is 8.29. The fourth-order valence-corrected chi connectivity index (χ4v) is 2.80. The summed E-state index contributed by atoms with van der Waals surface area (Å²) in [5, 5.41) is 3.34. The molecule has 2 aliphatic rings. The summed E-state index contributed by atoms with van der Waals surface area (Å²) in [6.07, 6.45) is 5.40. The van der Waals surface area contributed by atoms with E-state index in [1.165, 1.54) is 0 Å². The average Bonchev–Trinajstić information content (AvgIpc) is 2.40. The van der Waals surface area contributed by atoms with Gasteiger partial charge in [0.1, 0.15) is 0 Å². The molecular weight excluding hydrogens is 216 g/mol. The standard InChI is InChI=1S/C13H24N2O2/c1-17-12-4-8-15(9-5-12)13(16)10-11-2-6-14-7-3-11/h11-12,14H,2-10H2,1H3. The lowest BCUT2D eigenvalue weighted by Gasteiger charge is -2.32. The van der Waals surface area contributed by atoms with Crippen molar-refractivity contribution in [1.82, 2.24) is 10.2 Å². The largest absolute Gasteiger partial charge is 0.381 e. The second-order valence-electron chi connectivity index (χ2n) is 5.21. The minimum atomic E-state index is 0.353.